The predicted molar refractivity (Wildman–Crippen MR) is 94.8 cm³/mol. The highest BCUT2D eigenvalue weighted by Crippen LogP contribution is 2.30. The summed E-state index contributed by atoms with van der Waals surface area (Å²) in [6, 6.07) is 0. The first-order valence-electron chi connectivity index (χ1n) is 8.11. The van der Waals surface area contributed by atoms with Gasteiger partial charge in [0.15, 0.2) is 11.4 Å². The van der Waals surface area contributed by atoms with E-state index in [1.165, 1.54) is 11.4 Å². The van der Waals surface area contributed by atoms with Gasteiger partial charge >= 0.3 is 0 Å². The van der Waals surface area contributed by atoms with E-state index >= 15 is 0 Å². The topological polar surface area (TPSA) is 3.01 Å². The zero-order valence-electron chi connectivity index (χ0n) is 15.5. The fourth-order valence-corrected chi connectivity index (χ4v) is 2.57. The summed E-state index contributed by atoms with van der Waals surface area (Å²) in [5.41, 5.74) is 3.31. The first-order valence-corrected chi connectivity index (χ1v) is 8.11. The van der Waals surface area contributed by atoms with Crippen LogP contribution in [-0.2, 0) is 0 Å². The molecule has 1 rings (SSSR count). The standard InChI is InChI=1S/C20H34N/c1-15-16(2)18(12-14-20(6,7)8)21(9)17(15)11-10-13-19(3,4)5/h10-16H,1-9H3/q+1/b13-10+,14-12+,17-11+. The minimum absolute atomic E-state index is 0.232. The molecule has 0 aromatic rings. The lowest BCUT2D eigenvalue weighted by Crippen LogP contribution is -2.13. The third kappa shape index (κ3) is 5.30. The van der Waals surface area contributed by atoms with Gasteiger partial charge in [-0.1, -0.05) is 73.6 Å². The molecule has 2 unspecified atom stereocenters. The quantitative estimate of drug-likeness (QED) is 0.595. The molecule has 1 aliphatic rings. The zero-order chi connectivity index (χ0) is 16.4. The third-order valence-electron chi connectivity index (χ3n) is 4.07. The van der Waals surface area contributed by atoms with Crippen molar-refractivity contribution >= 4 is 5.71 Å². The van der Waals surface area contributed by atoms with Crippen molar-refractivity contribution in [3.8, 4) is 0 Å². The number of hydrogen-bond acceptors (Lipinski definition) is 0. The molecule has 1 heteroatoms. The molecule has 0 N–H and O–H groups in total. The highest BCUT2D eigenvalue weighted by Gasteiger charge is 2.37. The highest BCUT2D eigenvalue weighted by atomic mass is 15.0. The summed E-state index contributed by atoms with van der Waals surface area (Å²) in [5, 5.41) is 0. The average molecular weight is 288 g/mol. The third-order valence-corrected chi connectivity index (χ3v) is 4.07. The molecule has 1 aliphatic heterocycles. The maximum Gasteiger partial charge on any atom is 0.184 e. The second kappa shape index (κ2) is 6.34. The Morgan fingerprint density at radius 1 is 0.857 bits per heavy atom. The van der Waals surface area contributed by atoms with Gasteiger partial charge in [-0.15, -0.1) is 0 Å². The van der Waals surface area contributed by atoms with E-state index in [9.17, 15) is 0 Å². The minimum atomic E-state index is 0.232. The molecule has 1 heterocycles. The highest BCUT2D eigenvalue weighted by molar-refractivity contribution is 5.94. The van der Waals surface area contributed by atoms with Gasteiger partial charge in [-0.2, -0.15) is 0 Å². The SMILES string of the molecule is CC1C(/C=C/C(C)(C)C)=[N+](C)C(=C/C=C/C(C)(C)C)/C1C. The molecule has 2 atom stereocenters. The first-order chi connectivity index (χ1) is 9.42. The molecule has 0 saturated heterocycles. The van der Waals surface area contributed by atoms with Crippen molar-refractivity contribution in [3.63, 3.8) is 0 Å². The van der Waals surface area contributed by atoms with Crippen LogP contribution in [0.5, 0.6) is 0 Å². The Morgan fingerprint density at radius 3 is 1.86 bits per heavy atom. The molecule has 0 aromatic heterocycles. The summed E-state index contributed by atoms with van der Waals surface area (Å²) < 4.78 is 2.37. The summed E-state index contributed by atoms with van der Waals surface area (Å²) in [6.07, 6.45) is 11.4. The van der Waals surface area contributed by atoms with Crippen LogP contribution in [0.4, 0.5) is 0 Å². The number of rotatable bonds is 2. The summed E-state index contributed by atoms with van der Waals surface area (Å²) in [6.45, 7) is 18.1. The van der Waals surface area contributed by atoms with Crippen molar-refractivity contribution < 1.29 is 4.58 Å². The summed E-state index contributed by atoms with van der Waals surface area (Å²) in [7, 11) is 2.19. The Morgan fingerprint density at radius 2 is 1.38 bits per heavy atom. The monoisotopic (exact) mass is 288 g/mol. The van der Waals surface area contributed by atoms with Gasteiger partial charge in [-0.05, 0) is 10.8 Å². The van der Waals surface area contributed by atoms with E-state index in [4.69, 9.17) is 0 Å². The number of nitrogens with zero attached hydrogens (tertiary/aromatic N) is 1. The van der Waals surface area contributed by atoms with Crippen molar-refractivity contribution in [2.45, 2.75) is 55.4 Å². The van der Waals surface area contributed by atoms with Crippen molar-refractivity contribution in [2.75, 3.05) is 7.05 Å². The van der Waals surface area contributed by atoms with E-state index < -0.39 is 0 Å². The van der Waals surface area contributed by atoms with Crippen LogP contribution in [0, 0.1) is 22.7 Å². The predicted octanol–water partition coefficient (Wildman–Crippen LogP) is 5.44. The fourth-order valence-electron chi connectivity index (χ4n) is 2.57. The van der Waals surface area contributed by atoms with Crippen molar-refractivity contribution in [2.24, 2.45) is 22.7 Å². The molecule has 0 aliphatic carbocycles. The molecule has 21 heavy (non-hydrogen) atoms. The van der Waals surface area contributed by atoms with E-state index in [0.29, 0.717) is 11.8 Å². The van der Waals surface area contributed by atoms with Crippen LogP contribution in [0.2, 0.25) is 0 Å². The van der Waals surface area contributed by atoms with E-state index in [0.717, 1.165) is 0 Å². The Kier molecular flexibility index (Phi) is 5.41. The summed E-state index contributed by atoms with van der Waals surface area (Å²) in [5.74, 6) is 1.14. The fraction of sp³-hybridized carbons (Fsp3) is 0.650. The van der Waals surface area contributed by atoms with E-state index in [-0.39, 0.29) is 10.8 Å². The summed E-state index contributed by atoms with van der Waals surface area (Å²) in [4.78, 5) is 0. The Labute approximate surface area is 132 Å². The molecular formula is C20H34N+. The summed E-state index contributed by atoms with van der Waals surface area (Å²) >= 11 is 0. The van der Waals surface area contributed by atoms with E-state index in [2.05, 4.69) is 97.4 Å². The van der Waals surface area contributed by atoms with Gasteiger partial charge < -0.3 is 0 Å². The average Bonchev–Trinajstić information content (AvgIpc) is 2.48. The molecule has 0 amide bonds. The van der Waals surface area contributed by atoms with Crippen molar-refractivity contribution in [3.05, 3.63) is 36.1 Å². The molecular weight excluding hydrogens is 254 g/mol. The van der Waals surface area contributed by atoms with Crippen LogP contribution in [-0.4, -0.2) is 17.3 Å². The van der Waals surface area contributed by atoms with Crippen LogP contribution in [0.25, 0.3) is 0 Å². The number of allylic oxidation sites excluding steroid dienone is 6. The van der Waals surface area contributed by atoms with Gasteiger partial charge in [-0.3, -0.25) is 0 Å². The Bertz CT molecular complexity index is 487. The number of hydrogen-bond donors (Lipinski definition) is 0. The van der Waals surface area contributed by atoms with E-state index in [1.54, 1.807) is 0 Å². The normalized spacial score (nSPS) is 26.8. The smallest absolute Gasteiger partial charge is 0.184 e. The van der Waals surface area contributed by atoms with Crippen molar-refractivity contribution in [1.29, 1.82) is 0 Å². The minimum Gasteiger partial charge on any atom is -0.202 e. The second-order valence-electron chi connectivity index (χ2n) is 8.58. The van der Waals surface area contributed by atoms with Gasteiger partial charge in [0, 0.05) is 12.2 Å². The lowest BCUT2D eigenvalue weighted by atomic mass is 9.90. The van der Waals surface area contributed by atoms with Gasteiger partial charge in [0.25, 0.3) is 0 Å². The molecule has 0 fully saturated rings. The van der Waals surface area contributed by atoms with Crippen molar-refractivity contribution in [1.82, 2.24) is 0 Å². The van der Waals surface area contributed by atoms with Crippen LogP contribution in [0.3, 0.4) is 0 Å². The molecule has 0 aromatic carbocycles. The van der Waals surface area contributed by atoms with Crippen LogP contribution in [0.15, 0.2) is 36.1 Å². The van der Waals surface area contributed by atoms with E-state index in [1.807, 2.05) is 0 Å². The van der Waals surface area contributed by atoms with Crippen LogP contribution in [0.1, 0.15) is 55.4 Å². The lowest BCUT2D eigenvalue weighted by molar-refractivity contribution is -0.441. The lowest BCUT2D eigenvalue weighted by Gasteiger charge is -2.11. The van der Waals surface area contributed by atoms with Crippen LogP contribution >= 0.6 is 0 Å². The Hall–Kier alpha value is -1.11. The van der Waals surface area contributed by atoms with Crippen LogP contribution < -0.4 is 0 Å². The molecule has 0 spiro atoms. The largest absolute Gasteiger partial charge is 0.202 e. The maximum absolute atomic E-state index is 2.37. The van der Waals surface area contributed by atoms with Gasteiger partial charge in [0.05, 0.1) is 11.8 Å². The van der Waals surface area contributed by atoms with Gasteiger partial charge in [-0.25, -0.2) is 4.58 Å². The molecule has 0 saturated carbocycles. The first kappa shape index (κ1) is 17.9. The maximum atomic E-state index is 2.37. The molecule has 1 nitrogen and oxygen atoms in total. The Balaban J connectivity index is 3.08. The second-order valence-corrected chi connectivity index (χ2v) is 8.58. The molecule has 118 valence electrons. The molecule has 0 radical (unpaired) electrons. The van der Waals surface area contributed by atoms with Gasteiger partial charge in [0.2, 0.25) is 0 Å². The zero-order valence-corrected chi connectivity index (χ0v) is 15.5. The van der Waals surface area contributed by atoms with Gasteiger partial charge in [0.1, 0.15) is 7.05 Å². The molecule has 0 bridgehead atoms.